The molecule has 1 aromatic rings. The second-order valence-corrected chi connectivity index (χ2v) is 3.46. The van der Waals surface area contributed by atoms with E-state index in [0.29, 0.717) is 11.6 Å². The highest BCUT2D eigenvalue weighted by Gasteiger charge is 2.04. The predicted molar refractivity (Wildman–Crippen MR) is 58.1 cm³/mol. The summed E-state index contributed by atoms with van der Waals surface area (Å²) in [5.74, 6) is -0.0926. The van der Waals surface area contributed by atoms with Crippen LogP contribution >= 0.6 is 11.6 Å². The molecule has 74 valence electrons. The molecule has 0 aliphatic rings. The van der Waals surface area contributed by atoms with Crippen molar-refractivity contribution in [3.05, 3.63) is 47.5 Å². The van der Waals surface area contributed by atoms with Crippen molar-refractivity contribution in [1.29, 1.82) is 0 Å². The molecular formula is C11H12ClNO. The minimum absolute atomic E-state index is 0.0926. The van der Waals surface area contributed by atoms with Crippen LogP contribution in [0.5, 0.6) is 0 Å². The Bertz CT molecular complexity index is 349. The third-order valence-electron chi connectivity index (χ3n) is 1.86. The zero-order valence-corrected chi connectivity index (χ0v) is 8.79. The molecule has 0 saturated heterocycles. The molecular weight excluding hydrogens is 198 g/mol. The Morgan fingerprint density at radius 1 is 1.64 bits per heavy atom. The van der Waals surface area contributed by atoms with Crippen molar-refractivity contribution in [1.82, 2.24) is 4.90 Å². The highest BCUT2D eigenvalue weighted by atomic mass is 35.5. The van der Waals surface area contributed by atoms with Gasteiger partial charge in [-0.15, -0.1) is 0 Å². The number of nitrogens with zero attached hydrogens (tertiary/aromatic N) is 1. The molecule has 1 rings (SSSR count). The molecule has 0 aromatic heterocycles. The van der Waals surface area contributed by atoms with Crippen LogP contribution in [0.2, 0.25) is 5.02 Å². The lowest BCUT2D eigenvalue weighted by molar-refractivity contribution is -0.125. The summed E-state index contributed by atoms with van der Waals surface area (Å²) in [6.07, 6.45) is 1.30. The van der Waals surface area contributed by atoms with Gasteiger partial charge in [0, 0.05) is 18.6 Å². The van der Waals surface area contributed by atoms with Gasteiger partial charge in [-0.2, -0.15) is 0 Å². The predicted octanol–water partition coefficient (Wildman–Crippen LogP) is 2.48. The number of amides is 1. The average molecular weight is 210 g/mol. The van der Waals surface area contributed by atoms with Crippen LogP contribution in [0.1, 0.15) is 5.56 Å². The monoisotopic (exact) mass is 209 g/mol. The SMILES string of the molecule is C=CC(=O)N(C)Cc1cccc(Cl)c1. The summed E-state index contributed by atoms with van der Waals surface area (Å²) in [4.78, 5) is 12.8. The number of benzene rings is 1. The van der Waals surface area contributed by atoms with E-state index in [9.17, 15) is 4.79 Å². The van der Waals surface area contributed by atoms with Crippen LogP contribution in [-0.2, 0) is 11.3 Å². The van der Waals surface area contributed by atoms with Gasteiger partial charge in [-0.3, -0.25) is 4.79 Å². The lowest BCUT2D eigenvalue weighted by Gasteiger charge is -2.14. The number of carbonyl (C=O) groups is 1. The molecule has 0 unspecified atom stereocenters. The first-order valence-electron chi connectivity index (χ1n) is 4.25. The Labute approximate surface area is 88.8 Å². The Morgan fingerprint density at radius 2 is 2.36 bits per heavy atom. The van der Waals surface area contributed by atoms with E-state index < -0.39 is 0 Å². The fourth-order valence-electron chi connectivity index (χ4n) is 1.14. The van der Waals surface area contributed by atoms with Gasteiger partial charge in [-0.05, 0) is 23.8 Å². The zero-order chi connectivity index (χ0) is 10.6. The van der Waals surface area contributed by atoms with Crippen LogP contribution in [0.3, 0.4) is 0 Å². The van der Waals surface area contributed by atoms with Crippen molar-refractivity contribution >= 4 is 17.5 Å². The van der Waals surface area contributed by atoms with Gasteiger partial charge in [-0.25, -0.2) is 0 Å². The number of hydrogen-bond acceptors (Lipinski definition) is 1. The number of halogens is 1. The third-order valence-corrected chi connectivity index (χ3v) is 2.09. The van der Waals surface area contributed by atoms with Crippen LogP contribution in [0.25, 0.3) is 0 Å². The van der Waals surface area contributed by atoms with Crippen molar-refractivity contribution in [2.24, 2.45) is 0 Å². The molecule has 3 heteroatoms. The van der Waals surface area contributed by atoms with Crippen molar-refractivity contribution in [2.75, 3.05) is 7.05 Å². The fraction of sp³-hybridized carbons (Fsp3) is 0.182. The molecule has 2 nitrogen and oxygen atoms in total. The molecule has 0 radical (unpaired) electrons. The maximum absolute atomic E-state index is 11.2. The Hall–Kier alpha value is -1.28. The van der Waals surface area contributed by atoms with Crippen LogP contribution in [0.15, 0.2) is 36.9 Å². The van der Waals surface area contributed by atoms with Gasteiger partial charge in [0.1, 0.15) is 0 Å². The summed E-state index contributed by atoms with van der Waals surface area (Å²) in [7, 11) is 1.73. The van der Waals surface area contributed by atoms with Crippen molar-refractivity contribution < 1.29 is 4.79 Å². The molecule has 0 N–H and O–H groups in total. The first-order valence-corrected chi connectivity index (χ1v) is 4.63. The Morgan fingerprint density at radius 3 is 2.93 bits per heavy atom. The summed E-state index contributed by atoms with van der Waals surface area (Å²) in [5, 5.41) is 0.682. The molecule has 0 atom stereocenters. The van der Waals surface area contributed by atoms with E-state index in [1.165, 1.54) is 6.08 Å². The Balaban J connectivity index is 2.69. The smallest absolute Gasteiger partial charge is 0.245 e. The molecule has 0 heterocycles. The maximum atomic E-state index is 11.2. The fourth-order valence-corrected chi connectivity index (χ4v) is 1.36. The molecule has 1 amide bonds. The normalized spacial score (nSPS) is 9.57. The van der Waals surface area contributed by atoms with Gasteiger partial charge in [0.15, 0.2) is 0 Å². The third kappa shape index (κ3) is 2.89. The molecule has 0 aliphatic carbocycles. The quantitative estimate of drug-likeness (QED) is 0.701. The van der Waals surface area contributed by atoms with Crippen molar-refractivity contribution in [3.8, 4) is 0 Å². The molecule has 0 aliphatic heterocycles. The highest BCUT2D eigenvalue weighted by Crippen LogP contribution is 2.12. The largest absolute Gasteiger partial charge is 0.338 e. The van der Waals surface area contributed by atoms with E-state index in [0.717, 1.165) is 5.56 Å². The van der Waals surface area contributed by atoms with Gasteiger partial charge >= 0.3 is 0 Å². The number of hydrogen-bond donors (Lipinski definition) is 0. The molecule has 0 saturated carbocycles. The highest BCUT2D eigenvalue weighted by molar-refractivity contribution is 6.30. The van der Waals surface area contributed by atoms with Crippen LogP contribution in [-0.4, -0.2) is 17.9 Å². The second kappa shape index (κ2) is 4.82. The average Bonchev–Trinajstić information content (AvgIpc) is 2.16. The minimum atomic E-state index is -0.0926. The molecule has 0 fully saturated rings. The molecule has 1 aromatic carbocycles. The van der Waals surface area contributed by atoms with Gasteiger partial charge in [0.25, 0.3) is 0 Å². The molecule has 0 bridgehead atoms. The number of rotatable bonds is 3. The summed E-state index contributed by atoms with van der Waals surface area (Å²) < 4.78 is 0. The van der Waals surface area contributed by atoms with Crippen molar-refractivity contribution in [3.63, 3.8) is 0 Å². The minimum Gasteiger partial charge on any atom is -0.338 e. The van der Waals surface area contributed by atoms with E-state index >= 15 is 0 Å². The van der Waals surface area contributed by atoms with E-state index in [2.05, 4.69) is 6.58 Å². The first kappa shape index (κ1) is 10.8. The summed E-state index contributed by atoms with van der Waals surface area (Å²) >= 11 is 5.82. The van der Waals surface area contributed by atoms with Crippen LogP contribution in [0, 0.1) is 0 Å². The van der Waals surface area contributed by atoms with Gasteiger partial charge < -0.3 is 4.90 Å². The van der Waals surface area contributed by atoms with E-state index in [-0.39, 0.29) is 5.91 Å². The summed E-state index contributed by atoms with van der Waals surface area (Å²) in [5.41, 5.74) is 1.01. The summed E-state index contributed by atoms with van der Waals surface area (Å²) in [6, 6.07) is 7.44. The van der Waals surface area contributed by atoms with Gasteiger partial charge in [0.2, 0.25) is 5.91 Å². The van der Waals surface area contributed by atoms with E-state index in [1.807, 2.05) is 18.2 Å². The molecule has 14 heavy (non-hydrogen) atoms. The maximum Gasteiger partial charge on any atom is 0.245 e. The van der Waals surface area contributed by atoms with Crippen molar-refractivity contribution in [2.45, 2.75) is 6.54 Å². The number of likely N-dealkylation sites (N-methyl/N-ethyl adjacent to an activating group) is 1. The topological polar surface area (TPSA) is 20.3 Å². The van der Waals surface area contributed by atoms with E-state index in [1.54, 1.807) is 18.0 Å². The first-order chi connectivity index (χ1) is 6.63. The molecule has 0 spiro atoms. The van der Waals surface area contributed by atoms with Crippen LogP contribution < -0.4 is 0 Å². The van der Waals surface area contributed by atoms with Gasteiger partial charge in [-0.1, -0.05) is 30.3 Å². The summed E-state index contributed by atoms with van der Waals surface area (Å²) in [6.45, 7) is 3.97. The lowest BCUT2D eigenvalue weighted by atomic mass is 10.2. The zero-order valence-electron chi connectivity index (χ0n) is 8.03. The van der Waals surface area contributed by atoms with E-state index in [4.69, 9.17) is 11.6 Å². The Kier molecular flexibility index (Phi) is 3.72. The second-order valence-electron chi connectivity index (χ2n) is 3.03. The van der Waals surface area contributed by atoms with Gasteiger partial charge in [0.05, 0.1) is 0 Å². The standard InChI is InChI=1S/C11H12ClNO/c1-3-11(14)13(2)8-9-5-4-6-10(12)7-9/h3-7H,1,8H2,2H3. The number of carbonyl (C=O) groups excluding carboxylic acids is 1. The van der Waals surface area contributed by atoms with Crippen LogP contribution in [0.4, 0.5) is 0 Å². The lowest BCUT2D eigenvalue weighted by Crippen LogP contribution is -2.23.